The molecule has 7 heteroatoms. The van der Waals surface area contributed by atoms with Crippen molar-refractivity contribution in [2.75, 3.05) is 19.7 Å². The topological polar surface area (TPSA) is 93.5 Å². The lowest BCUT2D eigenvalue weighted by atomic mass is 10.2. The number of carbonyl (C=O) groups is 2. The SMILES string of the molecule is CC(C)COc1ccccc1CNC(=O)CNC(=O)CN.Cl. The second kappa shape index (κ2) is 10.9. The molecule has 0 unspecified atom stereocenters. The Morgan fingerprint density at radius 2 is 1.86 bits per heavy atom. The average molecular weight is 330 g/mol. The lowest BCUT2D eigenvalue weighted by molar-refractivity contribution is -0.125. The standard InChI is InChI=1S/C15H23N3O3.ClH/c1-11(2)10-21-13-6-4-3-5-12(13)8-17-15(20)9-18-14(19)7-16;/h3-6,11H,7-10,16H2,1-2H3,(H,17,20)(H,18,19);1H. The molecule has 0 aliphatic heterocycles. The van der Waals surface area contributed by atoms with Crippen LogP contribution in [0.15, 0.2) is 24.3 Å². The van der Waals surface area contributed by atoms with Crippen molar-refractivity contribution in [1.29, 1.82) is 0 Å². The molecule has 0 heterocycles. The van der Waals surface area contributed by atoms with Crippen LogP contribution in [0, 0.1) is 5.92 Å². The molecular formula is C15H24ClN3O3. The van der Waals surface area contributed by atoms with Crippen molar-refractivity contribution in [2.45, 2.75) is 20.4 Å². The molecule has 6 nitrogen and oxygen atoms in total. The number of nitrogens with two attached hydrogens (primary N) is 1. The van der Waals surface area contributed by atoms with E-state index in [9.17, 15) is 9.59 Å². The van der Waals surface area contributed by atoms with E-state index in [0.29, 0.717) is 19.1 Å². The monoisotopic (exact) mass is 329 g/mol. The first-order valence-corrected chi connectivity index (χ1v) is 6.97. The first kappa shape index (κ1) is 20.2. The third-order valence-corrected chi connectivity index (χ3v) is 2.65. The molecule has 0 bridgehead atoms. The number of para-hydroxylation sites is 1. The molecule has 0 aromatic heterocycles. The predicted molar refractivity (Wildman–Crippen MR) is 87.9 cm³/mol. The Kier molecular flexibility index (Phi) is 9.98. The highest BCUT2D eigenvalue weighted by Crippen LogP contribution is 2.18. The highest BCUT2D eigenvalue weighted by molar-refractivity contribution is 5.85. The number of halogens is 1. The summed E-state index contributed by atoms with van der Waals surface area (Å²) in [5, 5.41) is 5.15. The first-order valence-electron chi connectivity index (χ1n) is 6.97. The quantitative estimate of drug-likeness (QED) is 0.658. The van der Waals surface area contributed by atoms with E-state index in [1.165, 1.54) is 0 Å². The Labute approximate surface area is 137 Å². The molecule has 0 fully saturated rings. The normalized spacial score (nSPS) is 9.82. The zero-order valence-corrected chi connectivity index (χ0v) is 13.7. The molecule has 4 N–H and O–H groups in total. The predicted octanol–water partition coefficient (Wildman–Crippen LogP) is 0.834. The van der Waals surface area contributed by atoms with E-state index in [1.54, 1.807) is 0 Å². The summed E-state index contributed by atoms with van der Waals surface area (Å²) in [5.74, 6) is 0.567. The Morgan fingerprint density at radius 1 is 1.18 bits per heavy atom. The Morgan fingerprint density at radius 3 is 2.50 bits per heavy atom. The maximum Gasteiger partial charge on any atom is 0.239 e. The maximum atomic E-state index is 11.6. The van der Waals surface area contributed by atoms with Crippen LogP contribution in [0.2, 0.25) is 0 Å². The fourth-order valence-electron chi connectivity index (χ4n) is 1.55. The summed E-state index contributed by atoms with van der Waals surface area (Å²) in [5.41, 5.74) is 6.04. The molecule has 0 aliphatic rings. The molecule has 0 saturated heterocycles. The van der Waals surface area contributed by atoms with Gasteiger partial charge in [0, 0.05) is 12.1 Å². The van der Waals surface area contributed by atoms with Crippen LogP contribution in [0.5, 0.6) is 5.75 Å². The number of ether oxygens (including phenoxy) is 1. The van der Waals surface area contributed by atoms with Gasteiger partial charge < -0.3 is 21.1 Å². The van der Waals surface area contributed by atoms with Crippen LogP contribution >= 0.6 is 12.4 Å². The van der Waals surface area contributed by atoms with E-state index in [-0.39, 0.29) is 37.3 Å². The molecule has 1 aromatic carbocycles. The van der Waals surface area contributed by atoms with Gasteiger partial charge in [0.15, 0.2) is 0 Å². The van der Waals surface area contributed by atoms with E-state index < -0.39 is 0 Å². The maximum absolute atomic E-state index is 11.6. The summed E-state index contributed by atoms with van der Waals surface area (Å²) in [6, 6.07) is 7.55. The lowest BCUT2D eigenvalue weighted by Crippen LogP contribution is -2.39. The van der Waals surface area contributed by atoms with Crippen molar-refractivity contribution in [2.24, 2.45) is 11.7 Å². The summed E-state index contributed by atoms with van der Waals surface area (Å²) in [6.07, 6.45) is 0. The van der Waals surface area contributed by atoms with E-state index >= 15 is 0 Å². The van der Waals surface area contributed by atoms with Crippen molar-refractivity contribution in [3.8, 4) is 5.75 Å². The van der Waals surface area contributed by atoms with E-state index in [0.717, 1.165) is 11.3 Å². The van der Waals surface area contributed by atoms with E-state index in [2.05, 4.69) is 24.5 Å². The summed E-state index contributed by atoms with van der Waals surface area (Å²) in [4.78, 5) is 22.6. The largest absolute Gasteiger partial charge is 0.493 e. The second-order valence-corrected chi connectivity index (χ2v) is 5.07. The Bertz CT molecular complexity index is 481. The van der Waals surface area contributed by atoms with Crippen LogP contribution in [0.25, 0.3) is 0 Å². The van der Waals surface area contributed by atoms with Crippen molar-refractivity contribution in [3.63, 3.8) is 0 Å². The fourth-order valence-corrected chi connectivity index (χ4v) is 1.55. The molecule has 2 amide bonds. The molecule has 1 rings (SSSR count). The minimum absolute atomic E-state index is 0. The van der Waals surface area contributed by atoms with Crippen LogP contribution in [-0.2, 0) is 16.1 Å². The number of carbonyl (C=O) groups excluding carboxylic acids is 2. The van der Waals surface area contributed by atoms with Crippen LogP contribution in [0.4, 0.5) is 0 Å². The zero-order chi connectivity index (χ0) is 15.7. The van der Waals surface area contributed by atoms with Gasteiger partial charge in [-0.05, 0) is 12.0 Å². The molecule has 0 aliphatic carbocycles. The third-order valence-electron chi connectivity index (χ3n) is 2.65. The van der Waals surface area contributed by atoms with Crippen molar-refractivity contribution in [3.05, 3.63) is 29.8 Å². The summed E-state index contributed by atoms with van der Waals surface area (Å²) in [7, 11) is 0. The average Bonchev–Trinajstić information content (AvgIpc) is 2.49. The number of nitrogens with one attached hydrogen (secondary N) is 2. The Hall–Kier alpha value is -1.79. The van der Waals surface area contributed by atoms with Gasteiger partial charge in [0.2, 0.25) is 11.8 Å². The van der Waals surface area contributed by atoms with Crippen molar-refractivity contribution in [1.82, 2.24) is 10.6 Å². The minimum Gasteiger partial charge on any atom is -0.493 e. The van der Waals surface area contributed by atoms with Crippen molar-refractivity contribution >= 4 is 24.2 Å². The van der Waals surface area contributed by atoms with Gasteiger partial charge in [0.25, 0.3) is 0 Å². The van der Waals surface area contributed by atoms with Crippen molar-refractivity contribution < 1.29 is 14.3 Å². The van der Waals surface area contributed by atoms with Crippen LogP contribution in [0.1, 0.15) is 19.4 Å². The first-order chi connectivity index (χ1) is 10.0. The number of rotatable bonds is 8. The molecular weight excluding hydrogens is 306 g/mol. The number of hydrogen-bond acceptors (Lipinski definition) is 4. The van der Waals surface area contributed by atoms with Gasteiger partial charge in [0.05, 0.1) is 19.7 Å². The highest BCUT2D eigenvalue weighted by Gasteiger charge is 2.07. The fraction of sp³-hybridized carbons (Fsp3) is 0.467. The van der Waals surface area contributed by atoms with Crippen LogP contribution in [0.3, 0.4) is 0 Å². The van der Waals surface area contributed by atoms with Gasteiger partial charge in [-0.25, -0.2) is 0 Å². The van der Waals surface area contributed by atoms with E-state index in [1.807, 2.05) is 24.3 Å². The van der Waals surface area contributed by atoms with Gasteiger partial charge in [-0.2, -0.15) is 0 Å². The molecule has 0 spiro atoms. The highest BCUT2D eigenvalue weighted by atomic mass is 35.5. The van der Waals surface area contributed by atoms with Gasteiger partial charge in [-0.3, -0.25) is 9.59 Å². The number of amides is 2. The second-order valence-electron chi connectivity index (χ2n) is 5.07. The molecule has 124 valence electrons. The molecule has 0 atom stereocenters. The van der Waals surface area contributed by atoms with Crippen LogP contribution < -0.4 is 21.1 Å². The Balaban J connectivity index is 0.00000441. The third kappa shape index (κ3) is 7.85. The minimum atomic E-state index is -0.356. The van der Waals surface area contributed by atoms with Gasteiger partial charge in [-0.15, -0.1) is 12.4 Å². The summed E-state index contributed by atoms with van der Waals surface area (Å²) in [6.45, 7) is 4.92. The summed E-state index contributed by atoms with van der Waals surface area (Å²) < 4.78 is 5.71. The van der Waals surface area contributed by atoms with Crippen LogP contribution in [-0.4, -0.2) is 31.5 Å². The van der Waals surface area contributed by atoms with Gasteiger partial charge >= 0.3 is 0 Å². The molecule has 0 saturated carbocycles. The van der Waals surface area contributed by atoms with E-state index in [4.69, 9.17) is 10.5 Å². The molecule has 1 aromatic rings. The molecule has 22 heavy (non-hydrogen) atoms. The van der Waals surface area contributed by atoms with Gasteiger partial charge in [-0.1, -0.05) is 32.0 Å². The number of benzene rings is 1. The zero-order valence-electron chi connectivity index (χ0n) is 12.9. The summed E-state index contributed by atoms with van der Waals surface area (Å²) >= 11 is 0. The molecule has 0 radical (unpaired) electrons. The van der Waals surface area contributed by atoms with Gasteiger partial charge in [0.1, 0.15) is 5.75 Å². The number of hydrogen-bond donors (Lipinski definition) is 3. The lowest BCUT2D eigenvalue weighted by Gasteiger charge is -2.13. The smallest absolute Gasteiger partial charge is 0.239 e.